The average Bonchev–Trinajstić information content (AvgIpc) is 2.94. The number of nitrogens with zero attached hydrogens (tertiary/aromatic N) is 3. The summed E-state index contributed by atoms with van der Waals surface area (Å²) in [4.78, 5) is 38.2. The fourth-order valence-electron chi connectivity index (χ4n) is 2.53. The molecule has 0 aliphatic heterocycles. The number of hydrogen-bond donors (Lipinski definition) is 2. The Hall–Kier alpha value is -4.01. The van der Waals surface area contributed by atoms with Crippen molar-refractivity contribution in [3.63, 3.8) is 0 Å². The summed E-state index contributed by atoms with van der Waals surface area (Å²) < 4.78 is 1.35. The highest BCUT2D eigenvalue weighted by Gasteiger charge is 2.16. The zero-order valence-corrected chi connectivity index (χ0v) is 14.1. The first kappa shape index (κ1) is 17.8. The van der Waals surface area contributed by atoms with E-state index in [1.54, 1.807) is 31.2 Å². The lowest BCUT2D eigenvalue weighted by atomic mass is 10.1. The van der Waals surface area contributed by atoms with Crippen LogP contribution in [0.25, 0.3) is 5.69 Å². The normalized spacial score (nSPS) is 11.0. The van der Waals surface area contributed by atoms with Crippen molar-refractivity contribution in [1.29, 1.82) is 0 Å². The van der Waals surface area contributed by atoms with Gasteiger partial charge in [-0.15, -0.1) is 0 Å². The number of non-ortho nitro benzene ring substituents is 1. The van der Waals surface area contributed by atoms with E-state index in [2.05, 4.69) is 10.1 Å². The number of aliphatic imine (C=N–C) groups is 1. The molecule has 1 aromatic heterocycles. The van der Waals surface area contributed by atoms with Crippen molar-refractivity contribution in [2.45, 2.75) is 6.92 Å². The van der Waals surface area contributed by atoms with Crippen LogP contribution in [0, 0.1) is 17.0 Å². The fourth-order valence-corrected chi connectivity index (χ4v) is 2.53. The van der Waals surface area contributed by atoms with Crippen LogP contribution in [0.5, 0.6) is 0 Å². The van der Waals surface area contributed by atoms with E-state index in [4.69, 9.17) is 0 Å². The Morgan fingerprint density at radius 2 is 1.96 bits per heavy atom. The van der Waals surface area contributed by atoms with Gasteiger partial charge in [-0.05, 0) is 25.1 Å². The molecule has 0 radical (unpaired) electrons. The van der Waals surface area contributed by atoms with Gasteiger partial charge in [-0.1, -0.05) is 18.2 Å². The number of aromatic amines is 1. The Kier molecular flexibility index (Phi) is 4.67. The van der Waals surface area contributed by atoms with Crippen molar-refractivity contribution in [3.8, 4) is 5.69 Å². The number of para-hydroxylation sites is 1. The number of aromatic nitrogens is 2. The second-order valence-corrected chi connectivity index (χ2v) is 5.65. The Morgan fingerprint density at radius 1 is 1.26 bits per heavy atom. The summed E-state index contributed by atoms with van der Waals surface area (Å²) in [5.74, 6) is -1.35. The van der Waals surface area contributed by atoms with Gasteiger partial charge in [-0.3, -0.25) is 25.0 Å². The molecular weight excluding hydrogens is 352 g/mol. The molecule has 0 fully saturated rings. The zero-order chi connectivity index (χ0) is 19.6. The van der Waals surface area contributed by atoms with Gasteiger partial charge in [0.05, 0.1) is 27.4 Å². The minimum Gasteiger partial charge on any atom is -0.478 e. The molecule has 0 aliphatic rings. The monoisotopic (exact) mass is 366 g/mol. The lowest BCUT2D eigenvalue weighted by molar-refractivity contribution is -0.384. The molecule has 0 bridgehead atoms. The maximum Gasteiger partial charge on any atom is 0.338 e. The number of carboxylic acids is 1. The molecule has 0 saturated heterocycles. The lowest BCUT2D eigenvalue weighted by Gasteiger charge is -2.00. The number of rotatable bonds is 5. The van der Waals surface area contributed by atoms with E-state index in [0.717, 1.165) is 12.1 Å². The lowest BCUT2D eigenvalue weighted by Crippen LogP contribution is -2.17. The summed E-state index contributed by atoms with van der Waals surface area (Å²) in [5, 5.41) is 23.0. The minimum atomic E-state index is -1.35. The first-order chi connectivity index (χ1) is 12.9. The van der Waals surface area contributed by atoms with Crippen LogP contribution in [0.1, 0.15) is 21.6 Å². The molecule has 0 atom stereocenters. The molecule has 2 aromatic carbocycles. The average molecular weight is 366 g/mol. The number of aryl methyl sites for hydroxylation is 1. The third kappa shape index (κ3) is 3.52. The molecule has 9 heteroatoms. The van der Waals surface area contributed by atoms with Crippen LogP contribution in [0.15, 0.2) is 58.3 Å². The minimum absolute atomic E-state index is 0.0133. The summed E-state index contributed by atoms with van der Waals surface area (Å²) in [5.41, 5.74) is 0.444. The van der Waals surface area contributed by atoms with Crippen LogP contribution >= 0.6 is 0 Å². The molecular formula is C18H14N4O5. The van der Waals surface area contributed by atoms with Crippen molar-refractivity contribution >= 4 is 23.6 Å². The van der Waals surface area contributed by atoms with E-state index in [1.165, 1.54) is 17.0 Å². The maximum absolute atomic E-state index is 12.6. The molecule has 0 spiro atoms. The summed E-state index contributed by atoms with van der Waals surface area (Å²) in [6, 6.07) is 12.3. The van der Waals surface area contributed by atoms with Gasteiger partial charge in [0.15, 0.2) is 0 Å². The van der Waals surface area contributed by atoms with E-state index in [9.17, 15) is 24.8 Å². The van der Waals surface area contributed by atoms with Crippen LogP contribution in [0.4, 0.5) is 11.4 Å². The van der Waals surface area contributed by atoms with Gasteiger partial charge in [0.2, 0.25) is 0 Å². The Balaban J connectivity index is 2.03. The Morgan fingerprint density at radius 3 is 2.59 bits per heavy atom. The predicted molar refractivity (Wildman–Crippen MR) is 98.4 cm³/mol. The molecule has 1 heterocycles. The molecule has 0 saturated carbocycles. The number of carbonyl (C=O) groups is 1. The van der Waals surface area contributed by atoms with Crippen molar-refractivity contribution in [1.82, 2.24) is 9.78 Å². The van der Waals surface area contributed by atoms with Crippen LogP contribution in [0.2, 0.25) is 0 Å². The van der Waals surface area contributed by atoms with Crippen molar-refractivity contribution in [3.05, 3.63) is 85.8 Å². The number of H-pyrrole nitrogens is 1. The van der Waals surface area contributed by atoms with Crippen molar-refractivity contribution < 1.29 is 14.8 Å². The van der Waals surface area contributed by atoms with E-state index < -0.39 is 10.9 Å². The van der Waals surface area contributed by atoms with Gasteiger partial charge in [0.1, 0.15) is 0 Å². The van der Waals surface area contributed by atoms with Gasteiger partial charge in [-0.25, -0.2) is 9.48 Å². The van der Waals surface area contributed by atoms with Gasteiger partial charge < -0.3 is 5.11 Å². The first-order valence-electron chi connectivity index (χ1n) is 7.81. The summed E-state index contributed by atoms with van der Waals surface area (Å²) in [7, 11) is 0. The number of nitro groups is 1. The van der Waals surface area contributed by atoms with Gasteiger partial charge in [-0.2, -0.15) is 0 Å². The molecule has 9 nitrogen and oxygen atoms in total. The third-order valence-electron chi connectivity index (χ3n) is 3.89. The summed E-state index contributed by atoms with van der Waals surface area (Å²) >= 11 is 0. The molecule has 0 amide bonds. The SMILES string of the molecule is Cc1[nH]n(-c2ccccc2)c(=O)c1C=Nc1ccc([N+](=O)[O-])cc1C(=O)O. The Bertz CT molecular complexity index is 1110. The van der Waals surface area contributed by atoms with E-state index >= 15 is 0 Å². The van der Waals surface area contributed by atoms with Crippen LogP contribution in [-0.2, 0) is 0 Å². The summed E-state index contributed by atoms with van der Waals surface area (Å²) in [6.45, 7) is 1.69. The topological polar surface area (TPSA) is 131 Å². The second-order valence-electron chi connectivity index (χ2n) is 5.65. The number of carboxylic acid groups (broad SMARTS) is 1. The Labute approximate surface area is 152 Å². The molecule has 0 unspecified atom stereocenters. The largest absolute Gasteiger partial charge is 0.478 e. The van der Waals surface area contributed by atoms with Crippen LogP contribution < -0.4 is 5.56 Å². The highest BCUT2D eigenvalue weighted by atomic mass is 16.6. The van der Waals surface area contributed by atoms with Gasteiger partial charge in [0.25, 0.3) is 11.2 Å². The van der Waals surface area contributed by atoms with Gasteiger partial charge in [0, 0.05) is 24.0 Å². The summed E-state index contributed by atoms with van der Waals surface area (Å²) in [6.07, 6.45) is 1.25. The smallest absolute Gasteiger partial charge is 0.338 e. The standard InChI is InChI=1S/C18H14N4O5/c1-11-15(17(23)21(20-11)12-5-3-2-4-6-12)10-19-16-8-7-13(22(26)27)9-14(16)18(24)25/h2-10,20H,1H3,(H,24,25). The number of nitro benzene ring substituents is 1. The van der Waals surface area contributed by atoms with Crippen molar-refractivity contribution in [2.24, 2.45) is 4.99 Å². The number of aromatic carboxylic acids is 1. The molecule has 2 N–H and O–H groups in total. The van der Waals surface area contributed by atoms with Crippen molar-refractivity contribution in [2.75, 3.05) is 0 Å². The van der Waals surface area contributed by atoms with E-state index in [-0.39, 0.29) is 28.1 Å². The van der Waals surface area contributed by atoms with E-state index in [0.29, 0.717) is 11.4 Å². The highest BCUT2D eigenvalue weighted by Crippen LogP contribution is 2.24. The molecule has 27 heavy (non-hydrogen) atoms. The third-order valence-corrected chi connectivity index (χ3v) is 3.89. The predicted octanol–water partition coefficient (Wildman–Crippen LogP) is 2.83. The molecule has 3 aromatic rings. The highest BCUT2D eigenvalue weighted by molar-refractivity contribution is 5.96. The number of benzene rings is 2. The maximum atomic E-state index is 12.6. The van der Waals surface area contributed by atoms with Crippen LogP contribution in [-0.4, -0.2) is 32.0 Å². The zero-order valence-electron chi connectivity index (χ0n) is 14.1. The fraction of sp³-hybridized carbons (Fsp3) is 0.0556. The molecule has 0 aliphatic carbocycles. The molecule has 136 valence electrons. The van der Waals surface area contributed by atoms with Crippen LogP contribution in [0.3, 0.4) is 0 Å². The first-order valence-corrected chi connectivity index (χ1v) is 7.81. The van der Waals surface area contributed by atoms with Gasteiger partial charge >= 0.3 is 5.97 Å². The molecule has 3 rings (SSSR count). The van der Waals surface area contributed by atoms with E-state index in [1.807, 2.05) is 6.07 Å². The second kappa shape index (κ2) is 7.08. The number of nitrogens with one attached hydrogen (secondary N) is 1. The quantitative estimate of drug-likeness (QED) is 0.407. The number of hydrogen-bond acceptors (Lipinski definition) is 5.